The average Bonchev–Trinajstić information content (AvgIpc) is 2.57. The number of nitrogens with zero attached hydrogens (tertiary/aromatic N) is 3. The van der Waals surface area contributed by atoms with Gasteiger partial charge in [-0.05, 0) is 18.2 Å². The Hall–Kier alpha value is -2.67. The van der Waals surface area contributed by atoms with Gasteiger partial charge in [-0.3, -0.25) is 5.32 Å². The van der Waals surface area contributed by atoms with Crippen LogP contribution in [-0.2, 0) is 4.74 Å². The van der Waals surface area contributed by atoms with Crippen LogP contribution in [0.4, 0.5) is 22.2 Å². The molecular weight excluding hydrogens is 282 g/mol. The first-order valence-electron chi connectivity index (χ1n) is 7.10. The highest BCUT2D eigenvalue weighted by Crippen LogP contribution is 2.14. The molecule has 0 aliphatic carbocycles. The zero-order valence-corrected chi connectivity index (χ0v) is 12.0. The van der Waals surface area contributed by atoms with E-state index in [0.717, 1.165) is 18.9 Å². The Morgan fingerprint density at radius 3 is 2.64 bits per heavy atom. The van der Waals surface area contributed by atoms with Crippen molar-refractivity contribution in [3.8, 4) is 0 Å². The Morgan fingerprint density at radius 1 is 1.09 bits per heavy atom. The highest BCUT2D eigenvalue weighted by atomic mass is 16.5. The van der Waals surface area contributed by atoms with E-state index in [1.54, 1.807) is 6.20 Å². The fourth-order valence-electron chi connectivity index (χ4n) is 2.16. The molecule has 3 rings (SSSR count). The average molecular weight is 299 g/mol. The van der Waals surface area contributed by atoms with Crippen LogP contribution in [0.1, 0.15) is 0 Å². The quantitative estimate of drug-likeness (QED) is 0.905. The number of hydrogen-bond acceptors (Lipinski definition) is 5. The molecule has 7 heteroatoms. The highest BCUT2D eigenvalue weighted by molar-refractivity contribution is 5.98. The van der Waals surface area contributed by atoms with Crippen LogP contribution < -0.4 is 15.5 Å². The predicted octanol–water partition coefficient (Wildman–Crippen LogP) is 1.96. The van der Waals surface area contributed by atoms with Gasteiger partial charge in [0.25, 0.3) is 0 Å². The van der Waals surface area contributed by atoms with E-state index >= 15 is 0 Å². The molecule has 1 saturated heterocycles. The summed E-state index contributed by atoms with van der Waals surface area (Å²) in [7, 11) is 0. The molecule has 0 unspecified atom stereocenters. The number of rotatable bonds is 3. The van der Waals surface area contributed by atoms with Crippen molar-refractivity contribution in [1.29, 1.82) is 0 Å². The van der Waals surface area contributed by atoms with Crippen molar-refractivity contribution in [2.45, 2.75) is 0 Å². The Morgan fingerprint density at radius 2 is 1.86 bits per heavy atom. The number of amides is 2. The molecule has 22 heavy (non-hydrogen) atoms. The summed E-state index contributed by atoms with van der Waals surface area (Å²) in [5.41, 5.74) is 0.712. The van der Waals surface area contributed by atoms with Crippen molar-refractivity contribution in [3.05, 3.63) is 42.6 Å². The third-order valence-electron chi connectivity index (χ3n) is 3.23. The van der Waals surface area contributed by atoms with Crippen LogP contribution in [0, 0.1) is 0 Å². The van der Waals surface area contributed by atoms with Gasteiger partial charge < -0.3 is 15.0 Å². The second-order valence-electron chi connectivity index (χ2n) is 4.78. The van der Waals surface area contributed by atoms with Gasteiger partial charge in [0.2, 0.25) is 5.95 Å². The molecule has 0 radical (unpaired) electrons. The first kappa shape index (κ1) is 14.3. The monoisotopic (exact) mass is 299 g/mol. The summed E-state index contributed by atoms with van der Waals surface area (Å²) in [6.07, 6.45) is 1.63. The zero-order valence-electron chi connectivity index (χ0n) is 12.0. The second-order valence-corrected chi connectivity index (χ2v) is 4.78. The van der Waals surface area contributed by atoms with E-state index in [-0.39, 0.29) is 12.0 Å². The number of morpholine rings is 1. The molecule has 2 aromatic rings. The maximum atomic E-state index is 11.9. The van der Waals surface area contributed by atoms with Crippen molar-refractivity contribution in [2.24, 2.45) is 0 Å². The van der Waals surface area contributed by atoms with Crippen LogP contribution in [-0.4, -0.2) is 42.3 Å². The maximum Gasteiger partial charge on any atom is 0.326 e. The lowest BCUT2D eigenvalue weighted by Gasteiger charge is -2.27. The molecule has 1 aromatic heterocycles. The molecule has 0 spiro atoms. The van der Waals surface area contributed by atoms with E-state index < -0.39 is 0 Å². The summed E-state index contributed by atoms with van der Waals surface area (Å²) >= 11 is 0. The molecule has 1 fully saturated rings. The van der Waals surface area contributed by atoms with E-state index in [9.17, 15) is 4.79 Å². The van der Waals surface area contributed by atoms with Crippen LogP contribution in [0.2, 0.25) is 0 Å². The third kappa shape index (κ3) is 3.70. The van der Waals surface area contributed by atoms with Crippen LogP contribution >= 0.6 is 0 Å². The zero-order chi connectivity index (χ0) is 15.2. The lowest BCUT2D eigenvalue weighted by atomic mass is 10.3. The van der Waals surface area contributed by atoms with Crippen LogP contribution in [0.25, 0.3) is 0 Å². The number of aromatic nitrogens is 2. The Bertz CT molecular complexity index is 629. The van der Waals surface area contributed by atoms with Crippen molar-refractivity contribution in [1.82, 2.24) is 9.97 Å². The number of carbonyl (C=O) groups excluding carboxylic acids is 1. The summed E-state index contributed by atoms with van der Waals surface area (Å²) in [6.45, 7) is 2.93. The van der Waals surface area contributed by atoms with Gasteiger partial charge in [-0.1, -0.05) is 18.2 Å². The lowest BCUT2D eigenvalue weighted by Crippen LogP contribution is -2.37. The fourth-order valence-corrected chi connectivity index (χ4v) is 2.16. The Labute approximate surface area is 128 Å². The van der Waals surface area contributed by atoms with Crippen molar-refractivity contribution >= 4 is 23.5 Å². The number of carbonyl (C=O) groups is 1. The minimum absolute atomic E-state index is 0.275. The summed E-state index contributed by atoms with van der Waals surface area (Å²) in [6, 6.07) is 10.7. The SMILES string of the molecule is O=C(Nc1ccccc1)Nc1nccc(N2CCOCC2)n1. The van der Waals surface area contributed by atoms with Gasteiger partial charge in [0.05, 0.1) is 13.2 Å². The number of hydrogen-bond donors (Lipinski definition) is 2. The number of nitrogens with one attached hydrogen (secondary N) is 2. The van der Waals surface area contributed by atoms with Gasteiger partial charge >= 0.3 is 6.03 Å². The fraction of sp³-hybridized carbons (Fsp3) is 0.267. The van der Waals surface area contributed by atoms with Crippen LogP contribution in [0.3, 0.4) is 0 Å². The van der Waals surface area contributed by atoms with Crippen molar-refractivity contribution in [3.63, 3.8) is 0 Å². The molecule has 0 saturated carbocycles. The van der Waals surface area contributed by atoms with Gasteiger partial charge in [-0.25, -0.2) is 9.78 Å². The highest BCUT2D eigenvalue weighted by Gasteiger charge is 2.13. The van der Waals surface area contributed by atoms with E-state index in [0.29, 0.717) is 18.9 Å². The number of ether oxygens (including phenoxy) is 1. The summed E-state index contributed by atoms with van der Waals surface area (Å²) in [5.74, 6) is 1.06. The molecule has 7 nitrogen and oxygen atoms in total. The minimum Gasteiger partial charge on any atom is -0.378 e. The molecule has 0 atom stereocenters. The van der Waals surface area contributed by atoms with Crippen LogP contribution in [0.5, 0.6) is 0 Å². The smallest absolute Gasteiger partial charge is 0.326 e. The van der Waals surface area contributed by atoms with Crippen molar-refractivity contribution < 1.29 is 9.53 Å². The first-order chi connectivity index (χ1) is 10.8. The lowest BCUT2D eigenvalue weighted by molar-refractivity contribution is 0.122. The largest absolute Gasteiger partial charge is 0.378 e. The van der Waals surface area contributed by atoms with Gasteiger partial charge in [0.15, 0.2) is 0 Å². The standard InChI is InChI=1S/C15H17N5O2/c21-15(17-12-4-2-1-3-5-12)19-14-16-7-6-13(18-14)20-8-10-22-11-9-20/h1-7H,8-11H2,(H2,16,17,18,19,21). The first-order valence-corrected chi connectivity index (χ1v) is 7.10. The van der Waals surface area contributed by atoms with E-state index in [1.165, 1.54) is 0 Å². The van der Waals surface area contributed by atoms with E-state index in [1.807, 2.05) is 36.4 Å². The maximum absolute atomic E-state index is 11.9. The molecule has 1 aliphatic rings. The van der Waals surface area contributed by atoms with Crippen LogP contribution in [0.15, 0.2) is 42.6 Å². The molecule has 1 aromatic carbocycles. The number of para-hydroxylation sites is 1. The summed E-state index contributed by atoms with van der Waals surface area (Å²) in [4.78, 5) is 22.5. The summed E-state index contributed by atoms with van der Waals surface area (Å²) < 4.78 is 5.32. The molecule has 1 aliphatic heterocycles. The number of anilines is 3. The van der Waals surface area contributed by atoms with E-state index in [4.69, 9.17) is 4.74 Å². The molecular formula is C15H17N5O2. The topological polar surface area (TPSA) is 79.4 Å². The molecule has 2 N–H and O–H groups in total. The van der Waals surface area contributed by atoms with Gasteiger partial charge in [0.1, 0.15) is 5.82 Å². The van der Waals surface area contributed by atoms with Gasteiger partial charge in [-0.15, -0.1) is 0 Å². The predicted molar refractivity (Wildman–Crippen MR) is 84.1 cm³/mol. The summed E-state index contributed by atoms with van der Waals surface area (Å²) in [5, 5.41) is 5.37. The molecule has 2 amide bonds. The number of benzene rings is 1. The molecule has 2 heterocycles. The van der Waals surface area contributed by atoms with Gasteiger partial charge in [-0.2, -0.15) is 4.98 Å². The second kappa shape index (κ2) is 6.86. The van der Waals surface area contributed by atoms with E-state index in [2.05, 4.69) is 25.5 Å². The normalized spacial score (nSPS) is 14.5. The Kier molecular flexibility index (Phi) is 4.45. The molecule has 0 bridgehead atoms. The Balaban J connectivity index is 1.63. The third-order valence-corrected chi connectivity index (χ3v) is 3.23. The number of urea groups is 1. The minimum atomic E-state index is -0.370. The van der Waals surface area contributed by atoms with Crippen molar-refractivity contribution in [2.75, 3.05) is 41.8 Å². The molecule has 114 valence electrons. The van der Waals surface area contributed by atoms with Gasteiger partial charge in [0, 0.05) is 25.0 Å².